The molecule has 2 fully saturated rings. The van der Waals surface area contributed by atoms with Crippen molar-refractivity contribution in [3.05, 3.63) is 0 Å². The maximum atomic E-state index is 11.4. The average Bonchev–Trinajstić information content (AvgIpc) is 2.65. The predicted molar refractivity (Wildman–Crippen MR) is 61.8 cm³/mol. The Morgan fingerprint density at radius 2 is 2.25 bits per heavy atom. The second-order valence-corrected chi connectivity index (χ2v) is 6.14. The largest absolute Gasteiger partial charge is 0.443 e. The Kier molecular flexibility index (Phi) is 2.86. The molecule has 0 bridgehead atoms. The van der Waals surface area contributed by atoms with Crippen molar-refractivity contribution < 1.29 is 9.53 Å². The summed E-state index contributed by atoms with van der Waals surface area (Å²) in [5, 5.41) is 0. The molecular formula is C12H22N2O2. The first kappa shape index (κ1) is 11.7. The molecule has 2 rings (SSSR count). The molecule has 2 unspecified atom stereocenters. The molecule has 0 heterocycles. The number of hydrazine groups is 1. The number of nitrogens with one attached hydrogen (secondary N) is 2. The van der Waals surface area contributed by atoms with Crippen LogP contribution in [-0.4, -0.2) is 18.2 Å². The lowest BCUT2D eigenvalue weighted by Crippen LogP contribution is -2.43. The van der Waals surface area contributed by atoms with Crippen LogP contribution in [0, 0.1) is 11.3 Å². The lowest BCUT2D eigenvalue weighted by Gasteiger charge is -2.20. The van der Waals surface area contributed by atoms with E-state index in [4.69, 9.17) is 4.74 Å². The van der Waals surface area contributed by atoms with Gasteiger partial charge in [0.15, 0.2) is 0 Å². The highest BCUT2D eigenvalue weighted by molar-refractivity contribution is 5.66. The molecule has 0 spiro atoms. The van der Waals surface area contributed by atoms with Gasteiger partial charge in [0.25, 0.3) is 0 Å². The van der Waals surface area contributed by atoms with Gasteiger partial charge in [0.05, 0.1) is 0 Å². The average molecular weight is 226 g/mol. The summed E-state index contributed by atoms with van der Waals surface area (Å²) in [6.45, 7) is 6.47. The Labute approximate surface area is 97.1 Å². The van der Waals surface area contributed by atoms with E-state index < -0.39 is 5.60 Å². The number of ether oxygens (including phenoxy) is 1. The zero-order valence-corrected chi connectivity index (χ0v) is 10.4. The van der Waals surface area contributed by atoms with Gasteiger partial charge in [-0.3, -0.25) is 5.43 Å². The lowest BCUT2D eigenvalue weighted by atomic mass is 10.1. The fourth-order valence-electron chi connectivity index (χ4n) is 2.75. The highest BCUT2D eigenvalue weighted by atomic mass is 16.6. The molecule has 0 aromatic rings. The summed E-state index contributed by atoms with van der Waals surface area (Å²) in [6, 6.07) is 0. The molecule has 2 N–H and O–H groups in total. The van der Waals surface area contributed by atoms with Crippen molar-refractivity contribution in [1.29, 1.82) is 0 Å². The summed E-state index contributed by atoms with van der Waals surface area (Å²) in [5.41, 5.74) is 5.68. The molecule has 0 aromatic carbocycles. The third-order valence-corrected chi connectivity index (χ3v) is 3.62. The van der Waals surface area contributed by atoms with Crippen molar-refractivity contribution >= 4 is 6.09 Å². The van der Waals surface area contributed by atoms with Crippen LogP contribution in [0.3, 0.4) is 0 Å². The smallest absolute Gasteiger partial charge is 0.422 e. The molecule has 0 radical (unpaired) electrons. The van der Waals surface area contributed by atoms with E-state index in [-0.39, 0.29) is 6.09 Å². The van der Waals surface area contributed by atoms with Crippen LogP contribution < -0.4 is 10.9 Å². The molecule has 0 saturated heterocycles. The molecule has 2 aliphatic carbocycles. The van der Waals surface area contributed by atoms with Crippen LogP contribution in [0.5, 0.6) is 0 Å². The number of fused-ring (bicyclic) bond motifs is 1. The summed E-state index contributed by atoms with van der Waals surface area (Å²) in [5.74, 6) is 0.903. The summed E-state index contributed by atoms with van der Waals surface area (Å²) in [4.78, 5) is 11.4. The number of carbonyl (C=O) groups is 1. The predicted octanol–water partition coefficient (Wildman–Crippen LogP) is 2.21. The van der Waals surface area contributed by atoms with Crippen LogP contribution in [0.4, 0.5) is 4.79 Å². The Morgan fingerprint density at radius 1 is 1.50 bits per heavy atom. The molecule has 0 aliphatic heterocycles. The molecule has 0 aromatic heterocycles. The van der Waals surface area contributed by atoms with Gasteiger partial charge in [-0.25, -0.2) is 10.2 Å². The van der Waals surface area contributed by atoms with Crippen LogP contribution in [0.15, 0.2) is 0 Å². The maximum Gasteiger partial charge on any atom is 0.422 e. The van der Waals surface area contributed by atoms with Gasteiger partial charge in [-0.1, -0.05) is 6.42 Å². The van der Waals surface area contributed by atoms with Gasteiger partial charge in [0, 0.05) is 6.54 Å². The first-order chi connectivity index (χ1) is 7.41. The second-order valence-electron chi connectivity index (χ2n) is 6.14. The molecule has 2 atom stereocenters. The standard InChI is InChI=1S/C12H22N2O2/c1-11(2,3)16-10(15)14-13-8-12-6-4-5-9(12)7-12/h9,13H,4-8H2,1-3H3,(H,14,15). The van der Waals surface area contributed by atoms with E-state index >= 15 is 0 Å². The van der Waals surface area contributed by atoms with E-state index in [0.717, 1.165) is 12.5 Å². The molecule has 4 nitrogen and oxygen atoms in total. The fourth-order valence-corrected chi connectivity index (χ4v) is 2.75. The van der Waals surface area contributed by atoms with E-state index in [9.17, 15) is 4.79 Å². The number of rotatable bonds is 3. The van der Waals surface area contributed by atoms with Crippen molar-refractivity contribution in [1.82, 2.24) is 10.9 Å². The third kappa shape index (κ3) is 2.67. The van der Waals surface area contributed by atoms with Crippen molar-refractivity contribution in [3.8, 4) is 0 Å². The van der Waals surface area contributed by atoms with E-state index in [1.807, 2.05) is 20.8 Å². The molecule has 2 aliphatic rings. The van der Waals surface area contributed by atoms with Gasteiger partial charge in [-0.15, -0.1) is 0 Å². The normalized spacial score (nSPS) is 32.1. The van der Waals surface area contributed by atoms with Gasteiger partial charge in [0.2, 0.25) is 0 Å². The Morgan fingerprint density at radius 3 is 2.75 bits per heavy atom. The monoisotopic (exact) mass is 226 g/mol. The minimum absolute atomic E-state index is 0.390. The van der Waals surface area contributed by atoms with Crippen molar-refractivity contribution in [2.45, 2.75) is 52.1 Å². The van der Waals surface area contributed by atoms with Gasteiger partial charge in [-0.05, 0) is 51.4 Å². The van der Waals surface area contributed by atoms with Gasteiger partial charge >= 0.3 is 6.09 Å². The molecule has 1 amide bonds. The van der Waals surface area contributed by atoms with E-state index in [2.05, 4.69) is 10.9 Å². The zero-order chi connectivity index (χ0) is 11.8. The van der Waals surface area contributed by atoms with Crippen LogP contribution in [0.2, 0.25) is 0 Å². The van der Waals surface area contributed by atoms with Gasteiger partial charge in [0.1, 0.15) is 5.60 Å². The molecule has 16 heavy (non-hydrogen) atoms. The van der Waals surface area contributed by atoms with Crippen LogP contribution in [0.25, 0.3) is 0 Å². The number of hydrogen-bond acceptors (Lipinski definition) is 3. The molecular weight excluding hydrogens is 204 g/mol. The summed E-state index contributed by atoms with van der Waals surface area (Å²) in [7, 11) is 0. The first-order valence-corrected chi connectivity index (χ1v) is 6.13. The molecule has 92 valence electrons. The number of hydrogen-bond donors (Lipinski definition) is 2. The fraction of sp³-hybridized carbons (Fsp3) is 0.917. The highest BCUT2D eigenvalue weighted by Crippen LogP contribution is 2.62. The second kappa shape index (κ2) is 3.91. The topological polar surface area (TPSA) is 50.4 Å². The summed E-state index contributed by atoms with van der Waals surface area (Å²) >= 11 is 0. The number of amides is 1. The number of carbonyl (C=O) groups excluding carboxylic acids is 1. The lowest BCUT2D eigenvalue weighted by molar-refractivity contribution is 0.0493. The zero-order valence-electron chi connectivity index (χ0n) is 10.4. The van der Waals surface area contributed by atoms with Crippen LogP contribution in [0.1, 0.15) is 46.5 Å². The Hall–Kier alpha value is -0.770. The van der Waals surface area contributed by atoms with Crippen molar-refractivity contribution in [2.24, 2.45) is 11.3 Å². The Balaban J connectivity index is 1.63. The SMILES string of the molecule is CC(C)(C)OC(=O)NNCC12CCCC1C2. The van der Waals surface area contributed by atoms with Crippen molar-refractivity contribution in [2.75, 3.05) is 6.54 Å². The molecule has 4 heteroatoms. The quantitative estimate of drug-likeness (QED) is 0.725. The first-order valence-electron chi connectivity index (χ1n) is 6.13. The van der Waals surface area contributed by atoms with Gasteiger partial charge < -0.3 is 4.74 Å². The summed E-state index contributed by atoms with van der Waals surface area (Å²) < 4.78 is 5.14. The third-order valence-electron chi connectivity index (χ3n) is 3.62. The minimum Gasteiger partial charge on any atom is -0.443 e. The van der Waals surface area contributed by atoms with E-state index in [0.29, 0.717) is 5.41 Å². The van der Waals surface area contributed by atoms with Crippen molar-refractivity contribution in [3.63, 3.8) is 0 Å². The highest BCUT2D eigenvalue weighted by Gasteiger charge is 2.56. The molecule has 2 saturated carbocycles. The van der Waals surface area contributed by atoms with E-state index in [1.54, 1.807) is 0 Å². The maximum absolute atomic E-state index is 11.4. The minimum atomic E-state index is -0.431. The van der Waals surface area contributed by atoms with E-state index in [1.165, 1.54) is 25.7 Å². The Bertz CT molecular complexity index is 285. The van der Waals surface area contributed by atoms with Crippen LogP contribution >= 0.6 is 0 Å². The summed E-state index contributed by atoms with van der Waals surface area (Å²) in [6.07, 6.45) is 4.96. The van der Waals surface area contributed by atoms with Crippen LogP contribution in [-0.2, 0) is 4.74 Å². The van der Waals surface area contributed by atoms with Gasteiger partial charge in [-0.2, -0.15) is 0 Å².